The van der Waals surface area contributed by atoms with Crippen LogP contribution < -0.4 is 0 Å². The van der Waals surface area contributed by atoms with Gasteiger partial charge in [0.15, 0.2) is 0 Å². The second-order valence-corrected chi connectivity index (χ2v) is 12.9. The molecule has 6 atom stereocenters. The molecule has 0 amide bonds. The maximum absolute atomic E-state index is 11.7. The van der Waals surface area contributed by atoms with Crippen molar-refractivity contribution in [3.05, 3.63) is 28.8 Å². The second kappa shape index (κ2) is 5.99. The molecular formula is C27H40OS. The molecule has 1 aromatic carbocycles. The minimum atomic E-state index is 0.291. The summed E-state index contributed by atoms with van der Waals surface area (Å²) < 4.78 is 0. The fourth-order valence-corrected chi connectivity index (χ4v) is 8.90. The molecule has 160 valence electrons. The molecule has 2 heteroatoms. The summed E-state index contributed by atoms with van der Waals surface area (Å²) in [6.07, 6.45) is 7.79. The van der Waals surface area contributed by atoms with Gasteiger partial charge in [-0.2, -0.15) is 12.6 Å². The average molecular weight is 413 g/mol. The molecule has 0 aromatic heterocycles. The third-order valence-corrected chi connectivity index (χ3v) is 12.1. The van der Waals surface area contributed by atoms with E-state index in [4.69, 9.17) is 0 Å². The lowest BCUT2D eigenvalue weighted by Crippen LogP contribution is -2.32. The molecule has 0 radical (unpaired) electrons. The summed E-state index contributed by atoms with van der Waals surface area (Å²) in [6, 6.07) is 4.61. The van der Waals surface area contributed by atoms with Gasteiger partial charge >= 0.3 is 0 Å². The summed E-state index contributed by atoms with van der Waals surface area (Å²) in [5.41, 5.74) is 5.09. The number of hydrogen-bond acceptors (Lipinski definition) is 2. The van der Waals surface area contributed by atoms with Crippen molar-refractivity contribution < 1.29 is 5.11 Å². The Morgan fingerprint density at radius 3 is 1.52 bits per heavy atom. The van der Waals surface area contributed by atoms with Gasteiger partial charge in [-0.15, -0.1) is 0 Å². The summed E-state index contributed by atoms with van der Waals surface area (Å²) in [6.45, 7) is 14.9. The molecule has 0 spiro atoms. The highest BCUT2D eigenvalue weighted by molar-refractivity contribution is 7.79. The monoisotopic (exact) mass is 412 g/mol. The lowest BCUT2D eigenvalue weighted by Gasteiger charge is -2.42. The minimum absolute atomic E-state index is 0.291. The van der Waals surface area contributed by atoms with Crippen molar-refractivity contribution >= 4 is 12.6 Å². The van der Waals surface area contributed by atoms with Crippen molar-refractivity contribution in [3.63, 3.8) is 0 Å². The van der Waals surface area contributed by atoms with Gasteiger partial charge in [-0.25, -0.2) is 0 Å². The van der Waals surface area contributed by atoms with Crippen LogP contribution in [0.15, 0.2) is 12.1 Å². The number of thiol groups is 1. The summed E-state index contributed by atoms with van der Waals surface area (Å²) in [4.78, 5) is 0. The van der Waals surface area contributed by atoms with Crippen LogP contribution in [0.2, 0.25) is 0 Å². The molecule has 4 aliphatic rings. The van der Waals surface area contributed by atoms with Crippen molar-refractivity contribution in [3.8, 4) is 5.75 Å². The normalized spacial score (nSPS) is 44.0. The van der Waals surface area contributed by atoms with E-state index in [1.165, 1.54) is 55.2 Å². The molecule has 0 saturated heterocycles. The predicted octanol–water partition coefficient (Wildman–Crippen LogP) is 7.68. The SMILES string of the molecule is CC1(C)C2CCC1(C)C(c1cc(CS)cc(C3CC4CCC3(C)C4(C)C)c1O)C2. The third-order valence-electron chi connectivity index (χ3n) is 11.8. The maximum atomic E-state index is 11.7. The standard InChI is InChI=1S/C27H40OS/c1-24(2)17-7-9-26(24,5)21(13-17)19-11-16(15-29)12-20(23(19)28)22-14-18-8-10-27(22,6)25(18,3)4/h11-12,17-18,21-22,28-29H,7-10,13-15H2,1-6H3. The van der Waals surface area contributed by atoms with E-state index in [1.54, 1.807) is 0 Å². The summed E-state index contributed by atoms with van der Waals surface area (Å²) in [5.74, 6) is 3.94. The van der Waals surface area contributed by atoms with E-state index in [-0.39, 0.29) is 0 Å². The summed E-state index contributed by atoms with van der Waals surface area (Å²) >= 11 is 4.66. The molecule has 0 heterocycles. The first-order valence-electron chi connectivity index (χ1n) is 11.9. The van der Waals surface area contributed by atoms with Crippen LogP contribution in [0, 0.1) is 33.5 Å². The Labute approximate surface area is 183 Å². The van der Waals surface area contributed by atoms with Gasteiger partial charge in [-0.1, -0.05) is 53.7 Å². The zero-order valence-corrected chi connectivity index (χ0v) is 20.2. The largest absolute Gasteiger partial charge is 0.507 e. The Morgan fingerprint density at radius 1 is 0.828 bits per heavy atom. The number of benzene rings is 1. The summed E-state index contributed by atoms with van der Waals surface area (Å²) in [7, 11) is 0. The van der Waals surface area contributed by atoms with E-state index in [0.29, 0.717) is 39.2 Å². The first-order chi connectivity index (χ1) is 13.5. The summed E-state index contributed by atoms with van der Waals surface area (Å²) in [5, 5.41) is 11.7. The Hall–Kier alpha value is -0.630. The van der Waals surface area contributed by atoms with E-state index in [0.717, 1.165) is 17.6 Å². The molecule has 4 fully saturated rings. The van der Waals surface area contributed by atoms with Gasteiger partial charge in [0.2, 0.25) is 0 Å². The molecule has 6 unspecified atom stereocenters. The predicted molar refractivity (Wildman–Crippen MR) is 125 cm³/mol. The first kappa shape index (κ1) is 20.3. The number of rotatable bonds is 3. The van der Waals surface area contributed by atoms with E-state index >= 15 is 0 Å². The zero-order chi connectivity index (χ0) is 21.0. The molecular weight excluding hydrogens is 372 g/mol. The Balaban J connectivity index is 1.62. The van der Waals surface area contributed by atoms with Crippen LogP contribution in [0.5, 0.6) is 5.75 Å². The van der Waals surface area contributed by atoms with Crippen molar-refractivity contribution in [2.24, 2.45) is 33.5 Å². The Kier molecular flexibility index (Phi) is 4.19. The maximum Gasteiger partial charge on any atom is 0.122 e. The Bertz CT molecular complexity index is 789. The van der Waals surface area contributed by atoms with Crippen molar-refractivity contribution in [1.82, 2.24) is 0 Å². The van der Waals surface area contributed by atoms with E-state index in [1.807, 2.05) is 0 Å². The molecule has 1 nitrogen and oxygen atoms in total. The van der Waals surface area contributed by atoms with Crippen molar-refractivity contribution in [2.45, 2.75) is 97.7 Å². The van der Waals surface area contributed by atoms with Crippen LogP contribution in [0.25, 0.3) is 0 Å². The molecule has 1 N–H and O–H groups in total. The lowest BCUT2D eigenvalue weighted by molar-refractivity contribution is 0.130. The van der Waals surface area contributed by atoms with Gasteiger partial charge < -0.3 is 5.11 Å². The third kappa shape index (κ3) is 2.31. The Morgan fingerprint density at radius 2 is 1.24 bits per heavy atom. The number of phenolic OH excluding ortho intramolecular Hbond substituents is 1. The number of aromatic hydroxyl groups is 1. The molecule has 4 bridgehead atoms. The zero-order valence-electron chi connectivity index (χ0n) is 19.3. The quantitative estimate of drug-likeness (QED) is 0.488. The highest BCUT2D eigenvalue weighted by atomic mass is 32.1. The van der Waals surface area contributed by atoms with E-state index in [9.17, 15) is 5.11 Å². The van der Waals surface area contributed by atoms with Gasteiger partial charge in [-0.05, 0) is 101 Å². The number of fused-ring (bicyclic) bond motifs is 4. The topological polar surface area (TPSA) is 20.2 Å². The average Bonchev–Trinajstić information content (AvgIpc) is 3.19. The fraction of sp³-hybridized carbons (Fsp3) is 0.778. The second-order valence-electron chi connectivity index (χ2n) is 12.6. The van der Waals surface area contributed by atoms with Crippen LogP contribution in [-0.2, 0) is 5.75 Å². The number of hydrogen-bond donors (Lipinski definition) is 2. The molecule has 29 heavy (non-hydrogen) atoms. The molecule has 5 rings (SSSR count). The smallest absolute Gasteiger partial charge is 0.122 e. The van der Waals surface area contributed by atoms with Gasteiger partial charge in [0, 0.05) is 5.75 Å². The van der Waals surface area contributed by atoms with E-state index in [2.05, 4.69) is 66.3 Å². The fourth-order valence-electron chi connectivity index (χ4n) is 8.71. The molecule has 1 aromatic rings. The van der Waals surface area contributed by atoms with Crippen LogP contribution in [0.1, 0.15) is 109 Å². The molecule has 4 aliphatic carbocycles. The highest BCUT2D eigenvalue weighted by Crippen LogP contribution is 2.74. The first-order valence-corrected chi connectivity index (χ1v) is 12.6. The van der Waals surface area contributed by atoms with Gasteiger partial charge in [0.25, 0.3) is 0 Å². The lowest BCUT2D eigenvalue weighted by atomic mass is 9.63. The van der Waals surface area contributed by atoms with Crippen molar-refractivity contribution in [1.29, 1.82) is 0 Å². The number of phenols is 1. The van der Waals surface area contributed by atoms with E-state index < -0.39 is 0 Å². The molecule has 4 saturated carbocycles. The van der Waals surface area contributed by atoms with Gasteiger partial charge in [0.05, 0.1) is 0 Å². The van der Waals surface area contributed by atoms with Crippen LogP contribution in [0.4, 0.5) is 0 Å². The van der Waals surface area contributed by atoms with Crippen LogP contribution >= 0.6 is 12.6 Å². The van der Waals surface area contributed by atoms with Gasteiger partial charge in [0.1, 0.15) is 5.75 Å². The van der Waals surface area contributed by atoms with Crippen LogP contribution in [0.3, 0.4) is 0 Å². The van der Waals surface area contributed by atoms with Crippen molar-refractivity contribution in [2.75, 3.05) is 0 Å². The molecule has 0 aliphatic heterocycles. The van der Waals surface area contributed by atoms with Gasteiger partial charge in [-0.3, -0.25) is 0 Å². The van der Waals surface area contributed by atoms with Crippen LogP contribution in [-0.4, -0.2) is 5.11 Å². The highest BCUT2D eigenvalue weighted by Gasteiger charge is 2.63. The minimum Gasteiger partial charge on any atom is -0.507 e.